The van der Waals surface area contributed by atoms with Gasteiger partial charge in [0.15, 0.2) is 11.6 Å². The summed E-state index contributed by atoms with van der Waals surface area (Å²) in [6.45, 7) is -4.98. The van der Waals surface area contributed by atoms with Crippen molar-refractivity contribution in [3.63, 3.8) is 0 Å². The van der Waals surface area contributed by atoms with Crippen molar-refractivity contribution in [3.05, 3.63) is 71.3 Å². The Morgan fingerprint density at radius 2 is 1.85 bits per heavy atom. The highest BCUT2D eigenvalue weighted by Gasteiger charge is 2.36. The van der Waals surface area contributed by atoms with Crippen LogP contribution in [-0.4, -0.2) is 60.9 Å². The van der Waals surface area contributed by atoms with Crippen LogP contribution in [0.15, 0.2) is 48.9 Å². The third-order valence-electron chi connectivity index (χ3n) is 7.67. The third kappa shape index (κ3) is 3.67. The Labute approximate surface area is 230 Å². The minimum Gasteiger partial charge on any atom is -0.345 e. The molecular formula is C30H26N6O3. The van der Waals surface area contributed by atoms with Gasteiger partial charge in [-0.15, -0.1) is 0 Å². The maximum atomic E-state index is 13.7. The van der Waals surface area contributed by atoms with Crippen LogP contribution in [0, 0.1) is 11.3 Å². The number of fused-ring (bicyclic) bond motifs is 1. The maximum Gasteiger partial charge on any atom is 0.320 e. The Kier molecular flexibility index (Phi) is 4.44. The highest BCUT2D eigenvalue weighted by atomic mass is 16.2. The molecule has 3 aromatic heterocycles. The van der Waals surface area contributed by atoms with E-state index in [0.717, 1.165) is 28.7 Å². The molecule has 1 aliphatic carbocycles. The lowest BCUT2D eigenvalue weighted by molar-refractivity contribution is -0.119. The first-order chi connectivity index (χ1) is 20.5. The Morgan fingerprint density at radius 1 is 1.03 bits per heavy atom. The monoisotopic (exact) mass is 522 g/mol. The predicted molar refractivity (Wildman–Crippen MR) is 145 cm³/mol. The van der Waals surface area contributed by atoms with Crippen molar-refractivity contribution in [2.24, 2.45) is 0 Å². The fraction of sp³-hybridized carbons (Fsp3) is 0.300. The number of hydrogen-bond acceptors (Lipinski definition) is 5. The van der Waals surface area contributed by atoms with Gasteiger partial charge in [0.2, 0.25) is 0 Å². The SMILES string of the molecule is [2H]C1([2H])N(C(=O)N2CCCCC2)Cc2cc(C#N)cc3c(C4=C(c5cnc6ccccn56)C(=O)CC4=O)cn(c23)C1([2H])[2H]. The first-order valence-electron chi connectivity index (χ1n) is 14.9. The number of ketones is 2. The Morgan fingerprint density at radius 3 is 2.67 bits per heavy atom. The average molecular weight is 523 g/mol. The van der Waals surface area contributed by atoms with Gasteiger partial charge in [0.1, 0.15) is 5.65 Å². The molecule has 2 aliphatic heterocycles. The molecule has 0 saturated carbocycles. The summed E-state index contributed by atoms with van der Waals surface area (Å²) in [6.07, 6.45) is 6.73. The number of amides is 2. The largest absolute Gasteiger partial charge is 0.345 e. The van der Waals surface area contributed by atoms with Crippen LogP contribution < -0.4 is 0 Å². The van der Waals surface area contributed by atoms with Crippen molar-refractivity contribution in [1.82, 2.24) is 23.8 Å². The van der Waals surface area contributed by atoms with Crippen LogP contribution >= 0.6 is 0 Å². The predicted octanol–water partition coefficient (Wildman–Crippen LogP) is 4.03. The van der Waals surface area contributed by atoms with Gasteiger partial charge in [-0.05, 0) is 49.1 Å². The molecule has 0 atom stereocenters. The molecule has 0 spiro atoms. The summed E-state index contributed by atoms with van der Waals surface area (Å²) in [5.74, 6) is -0.872. The number of carbonyl (C=O) groups excluding carboxylic acids is 3. The van der Waals surface area contributed by atoms with Crippen LogP contribution in [0.3, 0.4) is 0 Å². The molecule has 194 valence electrons. The smallest absolute Gasteiger partial charge is 0.320 e. The van der Waals surface area contributed by atoms with E-state index in [1.54, 1.807) is 33.7 Å². The number of nitrogens with zero attached hydrogens (tertiary/aromatic N) is 6. The normalized spacial score (nSPS) is 21.9. The molecule has 2 amide bonds. The highest BCUT2D eigenvalue weighted by molar-refractivity contribution is 6.51. The first-order valence-corrected chi connectivity index (χ1v) is 12.9. The Bertz CT molecular complexity index is 1960. The van der Waals surface area contributed by atoms with Crippen LogP contribution in [0.25, 0.3) is 27.7 Å². The van der Waals surface area contributed by atoms with E-state index in [9.17, 15) is 19.6 Å². The van der Waals surface area contributed by atoms with Crippen LogP contribution in [0.2, 0.25) is 0 Å². The molecule has 5 heterocycles. The van der Waals surface area contributed by atoms with E-state index >= 15 is 0 Å². The minimum absolute atomic E-state index is 0.0682. The quantitative estimate of drug-likeness (QED) is 0.370. The molecule has 1 fully saturated rings. The van der Waals surface area contributed by atoms with Gasteiger partial charge in [0, 0.05) is 61.5 Å². The van der Waals surface area contributed by atoms with Crippen molar-refractivity contribution in [3.8, 4) is 6.07 Å². The maximum absolute atomic E-state index is 13.7. The number of piperidine rings is 1. The minimum atomic E-state index is -2.81. The van der Waals surface area contributed by atoms with Crippen molar-refractivity contribution in [2.75, 3.05) is 19.6 Å². The van der Waals surface area contributed by atoms with Gasteiger partial charge in [-0.1, -0.05) is 6.07 Å². The summed E-state index contributed by atoms with van der Waals surface area (Å²) in [6, 6.07) is 9.89. The van der Waals surface area contributed by atoms with Gasteiger partial charge in [0.25, 0.3) is 0 Å². The summed E-state index contributed by atoms with van der Waals surface area (Å²) in [5.41, 5.74) is 2.23. The van der Waals surface area contributed by atoms with Gasteiger partial charge in [-0.3, -0.25) is 14.0 Å². The van der Waals surface area contributed by atoms with Crippen LogP contribution in [0.4, 0.5) is 4.79 Å². The number of benzene rings is 1. The van der Waals surface area contributed by atoms with E-state index in [4.69, 9.17) is 5.48 Å². The number of aromatic nitrogens is 3. The number of urea groups is 1. The van der Waals surface area contributed by atoms with Crippen molar-refractivity contribution >= 4 is 45.3 Å². The summed E-state index contributed by atoms with van der Waals surface area (Å²) < 4.78 is 39.0. The Hall–Kier alpha value is -4.71. The lowest BCUT2D eigenvalue weighted by atomic mass is 9.96. The lowest BCUT2D eigenvalue weighted by Crippen LogP contribution is -2.45. The van der Waals surface area contributed by atoms with Crippen molar-refractivity contribution in [2.45, 2.75) is 38.7 Å². The first kappa shape index (κ1) is 19.4. The third-order valence-corrected chi connectivity index (χ3v) is 7.67. The van der Waals surface area contributed by atoms with E-state index in [0.29, 0.717) is 35.4 Å². The zero-order valence-corrected chi connectivity index (χ0v) is 21.0. The molecule has 0 radical (unpaired) electrons. The number of Topliss-reactive ketones (excluding diaryl/α,β-unsaturated/α-hetero) is 2. The van der Waals surface area contributed by atoms with Crippen molar-refractivity contribution in [1.29, 1.82) is 5.26 Å². The molecule has 9 nitrogen and oxygen atoms in total. The number of aryl methyl sites for hydroxylation is 1. The fourth-order valence-corrected chi connectivity index (χ4v) is 5.89. The van der Waals surface area contributed by atoms with E-state index in [2.05, 4.69) is 11.1 Å². The number of allylic oxidation sites excluding steroid dienone is 2. The second-order valence-electron chi connectivity index (χ2n) is 10.0. The molecule has 1 aromatic carbocycles. The zero-order valence-electron chi connectivity index (χ0n) is 25.0. The van der Waals surface area contributed by atoms with Gasteiger partial charge in [-0.25, -0.2) is 9.78 Å². The van der Waals surface area contributed by atoms with Crippen LogP contribution in [0.5, 0.6) is 0 Å². The van der Waals surface area contributed by atoms with Gasteiger partial charge in [0.05, 0.1) is 46.5 Å². The average Bonchev–Trinajstić information content (AvgIpc) is 3.66. The molecule has 4 aromatic rings. The summed E-state index contributed by atoms with van der Waals surface area (Å²) >= 11 is 0. The standard InChI is InChI=1S/C30H26N6O3/c31-15-19-12-20-17-35(30(39)33-7-3-1-4-8-33)11-10-34-18-22(21(13-19)29(20)34)27-24(37)14-25(38)28(27)23-16-32-26-6-2-5-9-36(23)26/h2,5-6,9,12-13,16,18H,1,3-4,7-8,10-11,14,17H2/i10D2,11D2. The number of carbonyl (C=O) groups is 3. The second kappa shape index (κ2) is 8.95. The van der Waals surface area contributed by atoms with E-state index < -0.39 is 30.6 Å². The van der Waals surface area contributed by atoms with Gasteiger partial charge in [-0.2, -0.15) is 5.26 Å². The number of likely N-dealkylation sites (tertiary alicyclic amines) is 1. The summed E-state index contributed by atoms with van der Waals surface area (Å²) in [4.78, 5) is 47.3. The molecule has 9 heteroatoms. The number of nitriles is 1. The van der Waals surface area contributed by atoms with Gasteiger partial charge < -0.3 is 14.4 Å². The zero-order chi connectivity index (χ0) is 30.3. The number of imidazole rings is 1. The number of hydrogen-bond donors (Lipinski definition) is 0. The molecule has 39 heavy (non-hydrogen) atoms. The fourth-order valence-electron chi connectivity index (χ4n) is 5.89. The second-order valence-corrected chi connectivity index (χ2v) is 10.0. The molecule has 0 bridgehead atoms. The number of pyridine rings is 1. The molecule has 3 aliphatic rings. The van der Waals surface area contributed by atoms with Crippen LogP contribution in [-0.2, 0) is 22.6 Å². The molecular weight excluding hydrogens is 492 g/mol. The molecule has 1 saturated heterocycles. The van der Waals surface area contributed by atoms with Crippen molar-refractivity contribution < 1.29 is 19.9 Å². The summed E-state index contributed by atoms with van der Waals surface area (Å²) in [5, 5.41) is 10.3. The highest BCUT2D eigenvalue weighted by Crippen LogP contribution is 2.41. The van der Waals surface area contributed by atoms with Crippen LogP contribution in [0.1, 0.15) is 53.6 Å². The van der Waals surface area contributed by atoms with Gasteiger partial charge >= 0.3 is 6.03 Å². The van der Waals surface area contributed by atoms with E-state index in [-0.39, 0.29) is 40.8 Å². The Balaban J connectivity index is 1.49. The molecule has 7 rings (SSSR count). The van der Waals surface area contributed by atoms with E-state index in [1.165, 1.54) is 24.5 Å². The molecule has 0 unspecified atom stereocenters. The lowest BCUT2D eigenvalue weighted by Gasteiger charge is -2.32. The topological polar surface area (TPSA) is 104 Å². The summed E-state index contributed by atoms with van der Waals surface area (Å²) in [7, 11) is 0. The number of rotatable bonds is 2. The molecule has 0 N–H and O–H groups in total. The van der Waals surface area contributed by atoms with E-state index in [1.807, 2.05) is 0 Å².